The van der Waals surface area contributed by atoms with Crippen molar-refractivity contribution in [2.24, 2.45) is 0 Å². The Kier molecular flexibility index (Phi) is 3.10. The molecule has 0 N–H and O–H groups in total. The lowest BCUT2D eigenvalue weighted by atomic mass is 10.2. The Morgan fingerprint density at radius 3 is 2.69 bits per heavy atom. The first kappa shape index (κ1) is 11.0. The molecule has 2 rings (SSSR count). The number of alkyl halides is 1. The van der Waals surface area contributed by atoms with E-state index in [9.17, 15) is 9.59 Å². The maximum atomic E-state index is 11.9. The average Bonchev–Trinajstić information content (AvgIpc) is 2.71. The number of nitrogens with zero attached hydrogens (tertiary/aromatic N) is 1. The van der Waals surface area contributed by atoms with Gasteiger partial charge < -0.3 is 4.74 Å². The lowest BCUT2D eigenvalue weighted by Crippen LogP contribution is -2.32. The van der Waals surface area contributed by atoms with Crippen LogP contribution in [-0.4, -0.2) is 35.4 Å². The summed E-state index contributed by atoms with van der Waals surface area (Å²) in [4.78, 5) is 24.4. The van der Waals surface area contributed by atoms with E-state index in [0.717, 1.165) is 4.90 Å². The van der Waals surface area contributed by atoms with Gasteiger partial charge in [0.2, 0.25) is 0 Å². The molecule has 5 heteroatoms. The van der Waals surface area contributed by atoms with Crippen molar-refractivity contribution in [3.63, 3.8) is 0 Å². The van der Waals surface area contributed by atoms with Gasteiger partial charge in [-0.15, -0.1) is 11.6 Å². The molecule has 84 valence electrons. The van der Waals surface area contributed by atoms with E-state index < -0.39 is 12.2 Å². The largest absolute Gasteiger partial charge is 0.443 e. The molecular weight excluding hydrogens is 230 g/mol. The number of carbonyl (C=O) groups is 2. The minimum atomic E-state index is -0.625. The molecule has 16 heavy (non-hydrogen) atoms. The monoisotopic (exact) mass is 239 g/mol. The predicted octanol–water partition coefficient (Wildman–Crippen LogP) is 1.89. The Labute approximate surface area is 97.7 Å². The van der Waals surface area contributed by atoms with Crippen molar-refractivity contribution in [3.8, 4) is 0 Å². The molecule has 1 aromatic carbocycles. The number of cyclic esters (lactones) is 1. The number of imide groups is 1. The number of hydrogen-bond acceptors (Lipinski definition) is 3. The van der Waals surface area contributed by atoms with Gasteiger partial charge in [-0.2, -0.15) is 0 Å². The third-order valence-corrected chi connectivity index (χ3v) is 2.66. The van der Waals surface area contributed by atoms with Crippen LogP contribution in [0.5, 0.6) is 0 Å². The molecule has 1 atom stereocenters. The molecule has 0 radical (unpaired) electrons. The highest BCUT2D eigenvalue weighted by atomic mass is 35.5. The highest BCUT2D eigenvalue weighted by Gasteiger charge is 2.35. The summed E-state index contributed by atoms with van der Waals surface area (Å²) >= 11 is 5.57. The summed E-state index contributed by atoms with van der Waals surface area (Å²) in [5, 5.41) is 0. The van der Waals surface area contributed by atoms with Gasteiger partial charge in [-0.25, -0.2) is 9.69 Å². The number of benzene rings is 1. The molecule has 1 aromatic rings. The molecule has 2 amide bonds. The molecular formula is C11H10ClNO3. The van der Waals surface area contributed by atoms with Crippen LogP contribution < -0.4 is 0 Å². The molecule has 1 aliphatic rings. The highest BCUT2D eigenvalue weighted by molar-refractivity contribution is 6.18. The molecule has 1 saturated heterocycles. The number of amides is 2. The third kappa shape index (κ3) is 2.02. The number of rotatable bonds is 2. The van der Waals surface area contributed by atoms with Crippen LogP contribution in [0.15, 0.2) is 30.3 Å². The van der Waals surface area contributed by atoms with Crippen molar-refractivity contribution in [1.82, 2.24) is 4.90 Å². The second-order valence-electron chi connectivity index (χ2n) is 3.44. The summed E-state index contributed by atoms with van der Waals surface area (Å²) in [7, 11) is 0. The smallest absolute Gasteiger partial charge is 0.417 e. The van der Waals surface area contributed by atoms with Gasteiger partial charge in [0.15, 0.2) is 0 Å². The molecule has 1 heterocycles. The highest BCUT2D eigenvalue weighted by Crippen LogP contribution is 2.15. The first-order valence-electron chi connectivity index (χ1n) is 4.86. The van der Waals surface area contributed by atoms with E-state index in [1.807, 2.05) is 0 Å². The molecule has 0 saturated carbocycles. The first-order chi connectivity index (χ1) is 7.72. The normalized spacial score (nSPS) is 19.7. The molecule has 1 fully saturated rings. The lowest BCUT2D eigenvalue weighted by molar-refractivity contribution is 0.0809. The van der Waals surface area contributed by atoms with Crippen LogP contribution in [0.4, 0.5) is 4.79 Å². The minimum absolute atomic E-state index is 0.199. The van der Waals surface area contributed by atoms with Crippen molar-refractivity contribution in [3.05, 3.63) is 35.9 Å². The number of hydrogen-bond donors (Lipinski definition) is 0. The molecule has 0 aromatic heterocycles. The fraction of sp³-hybridized carbons (Fsp3) is 0.273. The molecule has 0 spiro atoms. The maximum Gasteiger partial charge on any atom is 0.417 e. The second kappa shape index (κ2) is 4.53. The zero-order valence-corrected chi connectivity index (χ0v) is 9.18. The number of carbonyl (C=O) groups excluding carboxylic acids is 2. The van der Waals surface area contributed by atoms with Gasteiger partial charge in [-0.05, 0) is 12.1 Å². The molecule has 1 unspecified atom stereocenters. The van der Waals surface area contributed by atoms with Crippen molar-refractivity contribution in [2.75, 3.05) is 12.4 Å². The zero-order valence-electron chi connectivity index (χ0n) is 8.43. The summed E-state index contributed by atoms with van der Waals surface area (Å²) < 4.78 is 4.90. The average molecular weight is 240 g/mol. The lowest BCUT2D eigenvalue weighted by Gasteiger charge is -2.10. The minimum Gasteiger partial charge on any atom is -0.443 e. The zero-order chi connectivity index (χ0) is 11.5. The fourth-order valence-corrected chi connectivity index (χ4v) is 1.66. The standard InChI is InChI=1S/C11H10ClNO3/c12-6-9-7-13(11(15)16-9)10(14)8-4-2-1-3-5-8/h1-5,9H,6-7H2. The van der Waals surface area contributed by atoms with Crippen LogP contribution in [0.25, 0.3) is 0 Å². The van der Waals surface area contributed by atoms with E-state index in [4.69, 9.17) is 16.3 Å². The van der Waals surface area contributed by atoms with Crippen LogP contribution in [-0.2, 0) is 4.74 Å². The van der Waals surface area contributed by atoms with Crippen LogP contribution in [0, 0.1) is 0 Å². The summed E-state index contributed by atoms with van der Waals surface area (Å²) in [6.07, 6.45) is -1.03. The SMILES string of the molecule is O=C1OC(CCl)CN1C(=O)c1ccccc1. The van der Waals surface area contributed by atoms with Gasteiger partial charge in [0.25, 0.3) is 5.91 Å². The van der Waals surface area contributed by atoms with Crippen LogP contribution in [0.2, 0.25) is 0 Å². The third-order valence-electron chi connectivity index (χ3n) is 2.31. The van der Waals surface area contributed by atoms with E-state index in [2.05, 4.69) is 0 Å². The Balaban J connectivity index is 2.15. The van der Waals surface area contributed by atoms with Crippen LogP contribution in [0.3, 0.4) is 0 Å². The van der Waals surface area contributed by atoms with Gasteiger partial charge in [-0.1, -0.05) is 18.2 Å². The molecule has 0 bridgehead atoms. The van der Waals surface area contributed by atoms with E-state index in [1.165, 1.54) is 0 Å². The summed E-state index contributed by atoms with van der Waals surface area (Å²) in [5.74, 6) is -0.150. The van der Waals surface area contributed by atoms with Crippen molar-refractivity contribution < 1.29 is 14.3 Å². The van der Waals surface area contributed by atoms with Gasteiger partial charge in [-0.3, -0.25) is 4.79 Å². The fourth-order valence-electron chi connectivity index (χ4n) is 1.50. The van der Waals surface area contributed by atoms with Gasteiger partial charge in [0.05, 0.1) is 12.4 Å². The summed E-state index contributed by atoms with van der Waals surface area (Å²) in [6, 6.07) is 8.61. The number of halogens is 1. The van der Waals surface area contributed by atoms with E-state index in [-0.39, 0.29) is 18.3 Å². The Bertz CT molecular complexity index is 407. The topological polar surface area (TPSA) is 46.6 Å². The molecule has 1 aliphatic heterocycles. The van der Waals surface area contributed by atoms with Gasteiger partial charge in [0.1, 0.15) is 6.10 Å². The van der Waals surface area contributed by atoms with Crippen LogP contribution in [0.1, 0.15) is 10.4 Å². The maximum absolute atomic E-state index is 11.9. The van der Waals surface area contributed by atoms with E-state index >= 15 is 0 Å². The molecule has 4 nitrogen and oxygen atoms in total. The van der Waals surface area contributed by atoms with Gasteiger partial charge >= 0.3 is 6.09 Å². The Morgan fingerprint density at radius 2 is 2.12 bits per heavy atom. The van der Waals surface area contributed by atoms with E-state index in [1.54, 1.807) is 30.3 Å². The van der Waals surface area contributed by atoms with E-state index in [0.29, 0.717) is 5.56 Å². The Hall–Kier alpha value is -1.55. The van der Waals surface area contributed by atoms with Crippen molar-refractivity contribution >= 4 is 23.6 Å². The second-order valence-corrected chi connectivity index (χ2v) is 3.75. The first-order valence-corrected chi connectivity index (χ1v) is 5.39. The quantitative estimate of drug-likeness (QED) is 0.741. The molecule has 0 aliphatic carbocycles. The van der Waals surface area contributed by atoms with Crippen molar-refractivity contribution in [2.45, 2.75) is 6.10 Å². The summed E-state index contributed by atoms with van der Waals surface area (Å²) in [5.41, 5.74) is 0.467. The number of ether oxygens (including phenoxy) is 1. The summed E-state index contributed by atoms with van der Waals surface area (Å²) in [6.45, 7) is 0.218. The van der Waals surface area contributed by atoms with Gasteiger partial charge in [0, 0.05) is 5.56 Å². The van der Waals surface area contributed by atoms with Crippen LogP contribution >= 0.6 is 11.6 Å². The Morgan fingerprint density at radius 1 is 1.44 bits per heavy atom. The predicted molar refractivity (Wildman–Crippen MR) is 58.5 cm³/mol. The van der Waals surface area contributed by atoms with Crippen molar-refractivity contribution in [1.29, 1.82) is 0 Å².